The number of hydrogen-bond donors (Lipinski definition) is 0. The number of rotatable bonds is 8. The number of carbonyl (C=O) groups excluding carboxylic acids is 1. The molecule has 2 aliphatic rings. The third-order valence-electron chi connectivity index (χ3n) is 5.12. The van der Waals surface area contributed by atoms with Gasteiger partial charge >= 0.3 is 0 Å². The third kappa shape index (κ3) is 4.23. The fourth-order valence-corrected chi connectivity index (χ4v) is 4.97. The summed E-state index contributed by atoms with van der Waals surface area (Å²) in [6.45, 7) is 4.02. The lowest BCUT2D eigenvalue weighted by molar-refractivity contribution is -0.129. The van der Waals surface area contributed by atoms with Crippen molar-refractivity contribution in [1.82, 2.24) is 9.21 Å². The Morgan fingerprint density at radius 1 is 1.08 bits per heavy atom. The first kappa shape index (κ1) is 18.4. The molecule has 2 aliphatic heterocycles. The van der Waals surface area contributed by atoms with E-state index in [2.05, 4.69) is 6.92 Å². The monoisotopic (exact) mass is 364 g/mol. The fourth-order valence-electron chi connectivity index (χ4n) is 3.46. The molecule has 6 heteroatoms. The molecule has 1 aromatic carbocycles. The van der Waals surface area contributed by atoms with Gasteiger partial charge in [-0.25, -0.2) is 8.42 Å². The Balaban J connectivity index is 1.58. The Morgan fingerprint density at radius 3 is 2.40 bits per heavy atom. The van der Waals surface area contributed by atoms with Crippen LogP contribution in [0, 0.1) is 0 Å². The summed E-state index contributed by atoms with van der Waals surface area (Å²) in [5.41, 5.74) is 1.17. The van der Waals surface area contributed by atoms with Crippen molar-refractivity contribution < 1.29 is 13.2 Å². The van der Waals surface area contributed by atoms with Crippen LogP contribution >= 0.6 is 0 Å². The summed E-state index contributed by atoms with van der Waals surface area (Å²) in [7, 11) is -3.55. The molecule has 2 unspecified atom stereocenters. The van der Waals surface area contributed by atoms with Crippen molar-refractivity contribution in [2.45, 2.75) is 62.8 Å². The van der Waals surface area contributed by atoms with Gasteiger partial charge in [-0.15, -0.1) is 0 Å². The molecule has 5 nitrogen and oxygen atoms in total. The van der Waals surface area contributed by atoms with Crippen molar-refractivity contribution in [2.75, 3.05) is 19.6 Å². The molecular weight excluding hydrogens is 336 g/mol. The number of aryl methyl sites for hydroxylation is 1. The second-order valence-corrected chi connectivity index (χ2v) is 8.97. The highest BCUT2D eigenvalue weighted by atomic mass is 32.2. The molecule has 0 aliphatic carbocycles. The van der Waals surface area contributed by atoms with Gasteiger partial charge in [-0.05, 0) is 43.4 Å². The van der Waals surface area contributed by atoms with Gasteiger partial charge in [0.15, 0.2) is 0 Å². The van der Waals surface area contributed by atoms with E-state index in [4.69, 9.17) is 0 Å². The van der Waals surface area contributed by atoms with E-state index in [9.17, 15) is 13.2 Å². The molecule has 25 heavy (non-hydrogen) atoms. The number of hydrogen-bond acceptors (Lipinski definition) is 3. The minimum Gasteiger partial charge on any atom is -0.341 e. The molecule has 0 bridgehead atoms. The normalized spacial score (nSPS) is 23.0. The Bertz CT molecular complexity index is 694. The van der Waals surface area contributed by atoms with Gasteiger partial charge in [0, 0.05) is 19.6 Å². The number of benzene rings is 1. The Morgan fingerprint density at radius 2 is 1.76 bits per heavy atom. The second kappa shape index (κ2) is 7.87. The van der Waals surface area contributed by atoms with Crippen LogP contribution in [-0.2, 0) is 21.2 Å². The number of sulfonamides is 1. The molecule has 0 spiro atoms. The van der Waals surface area contributed by atoms with Crippen molar-refractivity contribution >= 4 is 15.9 Å². The van der Waals surface area contributed by atoms with Crippen LogP contribution in [-0.4, -0.2) is 49.2 Å². The molecule has 0 radical (unpaired) electrons. The molecule has 1 aromatic rings. The van der Waals surface area contributed by atoms with Crippen molar-refractivity contribution in [2.24, 2.45) is 0 Å². The molecule has 0 N–H and O–H groups in total. The van der Waals surface area contributed by atoms with Crippen LogP contribution in [0.3, 0.4) is 0 Å². The number of likely N-dealkylation sites (tertiary alicyclic amines) is 1. The smallest absolute Gasteiger partial charge is 0.243 e. The van der Waals surface area contributed by atoms with Gasteiger partial charge in [-0.1, -0.05) is 38.3 Å². The highest BCUT2D eigenvalue weighted by Crippen LogP contribution is 2.30. The van der Waals surface area contributed by atoms with Gasteiger partial charge in [0.05, 0.1) is 4.90 Å². The minimum atomic E-state index is -3.55. The SMILES string of the molecule is CCCCCCc1ccc(S(=O)(=O)N2CC2C(=O)N2CCCC2)cc1. The van der Waals surface area contributed by atoms with E-state index in [0.717, 1.165) is 38.8 Å². The maximum atomic E-state index is 12.7. The first-order valence-corrected chi connectivity index (χ1v) is 10.9. The van der Waals surface area contributed by atoms with Crippen LogP contribution in [0.5, 0.6) is 0 Å². The molecule has 138 valence electrons. The molecule has 2 heterocycles. The topological polar surface area (TPSA) is 57.5 Å². The number of unbranched alkanes of at least 4 members (excludes halogenated alkanes) is 3. The first-order valence-electron chi connectivity index (χ1n) is 9.43. The zero-order valence-corrected chi connectivity index (χ0v) is 15.8. The van der Waals surface area contributed by atoms with Crippen LogP contribution < -0.4 is 0 Å². The van der Waals surface area contributed by atoms with Gasteiger partial charge in [0.2, 0.25) is 15.9 Å². The molecule has 2 fully saturated rings. The lowest BCUT2D eigenvalue weighted by Gasteiger charge is -2.15. The average molecular weight is 365 g/mol. The quantitative estimate of drug-likeness (QED) is 0.526. The summed E-state index contributed by atoms with van der Waals surface area (Å²) in [5, 5.41) is 0. The summed E-state index contributed by atoms with van der Waals surface area (Å²) < 4.78 is 26.7. The van der Waals surface area contributed by atoms with Crippen LogP contribution in [0.4, 0.5) is 0 Å². The van der Waals surface area contributed by atoms with Crippen LogP contribution in [0.2, 0.25) is 0 Å². The highest BCUT2D eigenvalue weighted by molar-refractivity contribution is 7.89. The molecule has 3 rings (SSSR count). The summed E-state index contributed by atoms with van der Waals surface area (Å²) >= 11 is 0. The summed E-state index contributed by atoms with van der Waals surface area (Å²) in [5.74, 6) is -0.0337. The zero-order valence-electron chi connectivity index (χ0n) is 15.0. The van der Waals surface area contributed by atoms with E-state index in [0.29, 0.717) is 11.4 Å². The standard InChI is InChI=1S/C19H28N2O3S/c1-2-3-4-5-8-16-9-11-17(12-10-16)25(23,24)21-15-18(21)19(22)20-13-6-7-14-20/h9-12,18H,2-8,13-15H2,1H3. The third-order valence-corrected chi connectivity index (χ3v) is 7.01. The summed E-state index contributed by atoms with van der Waals surface area (Å²) in [6.07, 6.45) is 7.83. The summed E-state index contributed by atoms with van der Waals surface area (Å²) in [4.78, 5) is 14.4. The molecule has 1 amide bonds. The molecule has 2 saturated heterocycles. The lowest BCUT2D eigenvalue weighted by atomic mass is 10.1. The van der Waals surface area contributed by atoms with Crippen molar-refractivity contribution in [1.29, 1.82) is 0 Å². The highest BCUT2D eigenvalue weighted by Gasteiger charge is 2.50. The second-order valence-electron chi connectivity index (χ2n) is 7.08. The van der Waals surface area contributed by atoms with E-state index in [1.807, 2.05) is 12.1 Å². The van der Waals surface area contributed by atoms with Crippen molar-refractivity contribution in [3.05, 3.63) is 29.8 Å². The Hall–Kier alpha value is -1.40. The fraction of sp³-hybridized carbons (Fsp3) is 0.632. The van der Waals surface area contributed by atoms with Gasteiger partial charge in [0.1, 0.15) is 6.04 Å². The molecule has 0 aromatic heterocycles. The van der Waals surface area contributed by atoms with E-state index in [-0.39, 0.29) is 5.91 Å². The molecule has 2 atom stereocenters. The van der Waals surface area contributed by atoms with E-state index >= 15 is 0 Å². The minimum absolute atomic E-state index is 0.0337. The predicted molar refractivity (Wildman–Crippen MR) is 97.8 cm³/mol. The zero-order chi connectivity index (χ0) is 17.9. The van der Waals surface area contributed by atoms with E-state index in [1.54, 1.807) is 17.0 Å². The molecule has 0 saturated carbocycles. The van der Waals surface area contributed by atoms with Gasteiger partial charge in [-0.3, -0.25) is 4.79 Å². The van der Waals surface area contributed by atoms with Gasteiger partial charge < -0.3 is 4.90 Å². The van der Waals surface area contributed by atoms with Gasteiger partial charge in [-0.2, -0.15) is 4.31 Å². The van der Waals surface area contributed by atoms with Crippen LogP contribution in [0.15, 0.2) is 29.2 Å². The maximum absolute atomic E-state index is 12.7. The first-order chi connectivity index (χ1) is 12.0. The Kier molecular flexibility index (Phi) is 5.79. The van der Waals surface area contributed by atoms with E-state index < -0.39 is 16.1 Å². The number of nitrogens with zero attached hydrogens (tertiary/aromatic N) is 2. The van der Waals surface area contributed by atoms with Crippen LogP contribution in [0.25, 0.3) is 0 Å². The lowest BCUT2D eigenvalue weighted by Crippen LogP contribution is -2.34. The number of amides is 1. The maximum Gasteiger partial charge on any atom is 0.243 e. The van der Waals surface area contributed by atoms with Crippen molar-refractivity contribution in [3.63, 3.8) is 0 Å². The van der Waals surface area contributed by atoms with Crippen molar-refractivity contribution in [3.8, 4) is 0 Å². The van der Waals surface area contributed by atoms with E-state index in [1.165, 1.54) is 29.1 Å². The average Bonchev–Trinajstić information content (AvgIpc) is 3.25. The van der Waals surface area contributed by atoms with Crippen LogP contribution in [0.1, 0.15) is 51.0 Å². The largest absolute Gasteiger partial charge is 0.341 e. The molecular formula is C19H28N2O3S. The number of carbonyl (C=O) groups is 1. The predicted octanol–water partition coefficient (Wildman–Crippen LogP) is 2.80. The van der Waals surface area contributed by atoms with Gasteiger partial charge in [0.25, 0.3) is 0 Å². The Labute approximate surface area is 151 Å². The summed E-state index contributed by atoms with van der Waals surface area (Å²) in [6, 6.07) is 6.68.